The summed E-state index contributed by atoms with van der Waals surface area (Å²) in [4.78, 5) is 0. The standard InChI is InChI=1S/C24H44N/c1-3-5-7-9-11-13-15-17-19-23-21-22-25-24(23)20-18-16-14-12-10-8-6-4-2/h21-22H,3-20H2,1-2H3. The van der Waals surface area contributed by atoms with Gasteiger partial charge >= 0.3 is 0 Å². The molecule has 0 aromatic heterocycles. The van der Waals surface area contributed by atoms with E-state index in [1.807, 2.05) is 6.20 Å². The molecule has 0 bridgehead atoms. The molecule has 0 fully saturated rings. The van der Waals surface area contributed by atoms with Crippen LogP contribution in [0.4, 0.5) is 0 Å². The van der Waals surface area contributed by atoms with Crippen LogP contribution in [0.2, 0.25) is 0 Å². The van der Waals surface area contributed by atoms with Crippen LogP contribution in [0.3, 0.4) is 0 Å². The first-order valence-electron chi connectivity index (χ1n) is 11.5. The normalized spacial score (nSPS) is 13.7. The van der Waals surface area contributed by atoms with Crippen molar-refractivity contribution in [1.29, 1.82) is 0 Å². The molecule has 25 heavy (non-hydrogen) atoms. The van der Waals surface area contributed by atoms with Crippen LogP contribution in [0.25, 0.3) is 0 Å². The van der Waals surface area contributed by atoms with Crippen LogP contribution in [0.15, 0.2) is 23.5 Å². The van der Waals surface area contributed by atoms with Crippen molar-refractivity contribution in [3.05, 3.63) is 23.5 Å². The van der Waals surface area contributed by atoms with Gasteiger partial charge in [-0.15, -0.1) is 0 Å². The summed E-state index contributed by atoms with van der Waals surface area (Å²) >= 11 is 0. The van der Waals surface area contributed by atoms with Crippen LogP contribution in [-0.2, 0) is 0 Å². The quantitative estimate of drug-likeness (QED) is 0.221. The first-order chi connectivity index (χ1) is 12.4. The molecular formula is C24H44N. The molecule has 0 aromatic rings. The molecule has 0 atom stereocenters. The van der Waals surface area contributed by atoms with Gasteiger partial charge in [0.2, 0.25) is 0 Å². The van der Waals surface area contributed by atoms with Gasteiger partial charge in [0.1, 0.15) is 0 Å². The molecule has 1 heterocycles. The lowest BCUT2D eigenvalue weighted by molar-refractivity contribution is 0.568. The minimum absolute atomic E-state index is 1.20. The number of unbranched alkanes of at least 4 members (excludes halogenated alkanes) is 14. The molecule has 0 aliphatic carbocycles. The van der Waals surface area contributed by atoms with Crippen molar-refractivity contribution in [3.63, 3.8) is 0 Å². The number of nitrogens with zero attached hydrogens (tertiary/aromatic N) is 1. The van der Waals surface area contributed by atoms with E-state index in [0.717, 1.165) is 0 Å². The van der Waals surface area contributed by atoms with Crippen LogP contribution < -0.4 is 5.32 Å². The zero-order chi connectivity index (χ0) is 18.0. The molecule has 1 rings (SSSR count). The summed E-state index contributed by atoms with van der Waals surface area (Å²) in [5, 5.41) is 4.62. The van der Waals surface area contributed by atoms with E-state index in [1.54, 1.807) is 0 Å². The number of rotatable bonds is 18. The van der Waals surface area contributed by atoms with Crippen molar-refractivity contribution in [2.24, 2.45) is 0 Å². The Hall–Kier alpha value is -0.720. The van der Waals surface area contributed by atoms with Gasteiger partial charge in [-0.1, -0.05) is 104 Å². The van der Waals surface area contributed by atoms with Gasteiger partial charge in [-0.2, -0.15) is 0 Å². The summed E-state index contributed by atoms with van der Waals surface area (Å²) in [6.07, 6.45) is 29.2. The first-order valence-corrected chi connectivity index (χ1v) is 11.5. The highest BCUT2D eigenvalue weighted by Crippen LogP contribution is 2.23. The SMILES string of the molecule is CCCCCCCCCCC1=C(CCCCCCCCCC)[N]C=C1. The van der Waals surface area contributed by atoms with Crippen molar-refractivity contribution >= 4 is 0 Å². The minimum Gasteiger partial charge on any atom is -0.261 e. The smallest absolute Gasteiger partial charge is 0.0436 e. The fourth-order valence-corrected chi connectivity index (χ4v) is 3.72. The van der Waals surface area contributed by atoms with E-state index in [0.29, 0.717) is 0 Å². The van der Waals surface area contributed by atoms with Crippen molar-refractivity contribution < 1.29 is 0 Å². The lowest BCUT2D eigenvalue weighted by atomic mass is 10.0. The zero-order valence-electron chi connectivity index (χ0n) is 17.3. The number of hydrogen-bond acceptors (Lipinski definition) is 0. The van der Waals surface area contributed by atoms with E-state index in [4.69, 9.17) is 0 Å². The highest BCUT2D eigenvalue weighted by Gasteiger charge is 2.09. The fourth-order valence-electron chi connectivity index (χ4n) is 3.72. The molecule has 0 amide bonds. The molecule has 145 valence electrons. The minimum atomic E-state index is 1.20. The van der Waals surface area contributed by atoms with Crippen LogP contribution in [0.1, 0.15) is 129 Å². The summed E-state index contributed by atoms with van der Waals surface area (Å²) in [7, 11) is 0. The maximum absolute atomic E-state index is 4.62. The van der Waals surface area contributed by atoms with Crippen LogP contribution in [0.5, 0.6) is 0 Å². The second-order valence-corrected chi connectivity index (χ2v) is 7.87. The molecule has 0 unspecified atom stereocenters. The molecule has 0 saturated heterocycles. The van der Waals surface area contributed by atoms with Gasteiger partial charge in [-0.3, -0.25) is 5.32 Å². The predicted molar refractivity (Wildman–Crippen MR) is 113 cm³/mol. The summed E-state index contributed by atoms with van der Waals surface area (Å²) in [5.41, 5.74) is 2.93. The van der Waals surface area contributed by atoms with Crippen molar-refractivity contribution in [2.45, 2.75) is 129 Å². The summed E-state index contributed by atoms with van der Waals surface area (Å²) < 4.78 is 0. The Morgan fingerprint density at radius 1 is 0.560 bits per heavy atom. The average Bonchev–Trinajstić information content (AvgIpc) is 3.07. The highest BCUT2D eigenvalue weighted by atomic mass is 14.9. The molecule has 0 N–H and O–H groups in total. The number of allylic oxidation sites excluding steroid dienone is 3. The summed E-state index contributed by atoms with van der Waals surface area (Å²) in [5.74, 6) is 0. The Kier molecular flexibility index (Phi) is 14.9. The Morgan fingerprint density at radius 3 is 1.52 bits per heavy atom. The van der Waals surface area contributed by atoms with E-state index < -0.39 is 0 Å². The van der Waals surface area contributed by atoms with Gasteiger partial charge in [0.05, 0.1) is 0 Å². The maximum Gasteiger partial charge on any atom is 0.0436 e. The molecule has 0 spiro atoms. The van der Waals surface area contributed by atoms with Gasteiger partial charge in [0.15, 0.2) is 0 Å². The Morgan fingerprint density at radius 2 is 1.00 bits per heavy atom. The highest BCUT2D eigenvalue weighted by molar-refractivity contribution is 5.31. The largest absolute Gasteiger partial charge is 0.261 e. The summed E-state index contributed by atoms with van der Waals surface area (Å²) in [6, 6.07) is 0. The van der Waals surface area contributed by atoms with Gasteiger partial charge in [-0.05, 0) is 37.3 Å². The van der Waals surface area contributed by atoms with E-state index in [2.05, 4.69) is 25.2 Å². The third-order valence-electron chi connectivity index (χ3n) is 5.44. The first kappa shape index (κ1) is 22.3. The van der Waals surface area contributed by atoms with Crippen molar-refractivity contribution in [3.8, 4) is 0 Å². The Labute approximate surface area is 158 Å². The average molecular weight is 347 g/mol. The molecule has 1 radical (unpaired) electrons. The Balaban J connectivity index is 1.99. The second-order valence-electron chi connectivity index (χ2n) is 7.87. The third kappa shape index (κ3) is 12.3. The topological polar surface area (TPSA) is 14.1 Å². The van der Waals surface area contributed by atoms with Crippen LogP contribution in [0, 0.1) is 0 Å². The third-order valence-corrected chi connectivity index (χ3v) is 5.44. The molecule has 0 aromatic carbocycles. The zero-order valence-corrected chi connectivity index (χ0v) is 17.3. The molecule has 1 aliphatic rings. The molecular weight excluding hydrogens is 302 g/mol. The predicted octanol–water partition coefficient (Wildman–Crippen LogP) is 8.43. The van der Waals surface area contributed by atoms with E-state index >= 15 is 0 Å². The maximum atomic E-state index is 4.62. The van der Waals surface area contributed by atoms with E-state index in [1.165, 1.54) is 127 Å². The second kappa shape index (κ2) is 16.7. The molecule has 1 heteroatoms. The van der Waals surface area contributed by atoms with E-state index in [9.17, 15) is 0 Å². The van der Waals surface area contributed by atoms with Crippen LogP contribution in [-0.4, -0.2) is 0 Å². The summed E-state index contributed by atoms with van der Waals surface area (Å²) in [6.45, 7) is 4.58. The fraction of sp³-hybridized carbons (Fsp3) is 0.833. The number of hydrogen-bond donors (Lipinski definition) is 0. The van der Waals surface area contributed by atoms with E-state index in [-0.39, 0.29) is 0 Å². The van der Waals surface area contributed by atoms with Crippen molar-refractivity contribution in [2.75, 3.05) is 0 Å². The molecule has 1 nitrogen and oxygen atoms in total. The molecule has 0 saturated carbocycles. The lowest BCUT2D eigenvalue weighted by Crippen LogP contribution is -1.96. The lowest BCUT2D eigenvalue weighted by Gasteiger charge is -2.07. The Bertz CT molecular complexity index is 353. The van der Waals surface area contributed by atoms with Gasteiger partial charge in [-0.25, -0.2) is 0 Å². The monoisotopic (exact) mass is 346 g/mol. The van der Waals surface area contributed by atoms with Crippen LogP contribution >= 0.6 is 0 Å². The van der Waals surface area contributed by atoms with Gasteiger partial charge in [0.25, 0.3) is 0 Å². The molecule has 1 aliphatic heterocycles. The van der Waals surface area contributed by atoms with Gasteiger partial charge in [0, 0.05) is 11.9 Å². The van der Waals surface area contributed by atoms with Gasteiger partial charge < -0.3 is 0 Å². The van der Waals surface area contributed by atoms with Crippen molar-refractivity contribution in [1.82, 2.24) is 5.32 Å².